The third kappa shape index (κ3) is 8.36. The van der Waals surface area contributed by atoms with Crippen molar-refractivity contribution in [2.24, 2.45) is 5.92 Å². The molecular formula is C36H40FN3O4S. The van der Waals surface area contributed by atoms with Gasteiger partial charge in [-0.2, -0.15) is 0 Å². The van der Waals surface area contributed by atoms with Crippen LogP contribution in [0.3, 0.4) is 0 Å². The van der Waals surface area contributed by atoms with E-state index in [2.05, 4.69) is 5.32 Å². The monoisotopic (exact) mass is 629 g/mol. The lowest BCUT2D eigenvalue weighted by molar-refractivity contribution is -0.140. The third-order valence-electron chi connectivity index (χ3n) is 7.71. The van der Waals surface area contributed by atoms with E-state index in [1.165, 1.54) is 23.1 Å². The molecule has 0 heterocycles. The van der Waals surface area contributed by atoms with Crippen molar-refractivity contribution < 1.29 is 22.4 Å². The van der Waals surface area contributed by atoms with Crippen LogP contribution in [0.25, 0.3) is 0 Å². The normalized spacial score (nSPS) is 12.0. The molecule has 0 spiro atoms. The summed E-state index contributed by atoms with van der Waals surface area (Å²) in [5, 5.41) is 2.94. The van der Waals surface area contributed by atoms with Gasteiger partial charge in [0.15, 0.2) is 0 Å². The molecule has 0 radical (unpaired) electrons. The van der Waals surface area contributed by atoms with Crippen LogP contribution >= 0.6 is 0 Å². The van der Waals surface area contributed by atoms with Gasteiger partial charge in [0.05, 0.1) is 10.6 Å². The standard InChI is InChI=1S/C36H40FN3O4S/c1-26(2)23-38-36(42)34(22-29-15-7-5-8-16-29)39(24-30-17-11-12-20-32(30)37)35(41)25-40(33-21-13-14-27(3)28(33)4)45(43,44)31-18-9-6-10-19-31/h5-21,26,34H,22-25H2,1-4H3,(H,38,42)/t34-/m0/s1. The Bertz CT molecular complexity index is 1710. The topological polar surface area (TPSA) is 86.8 Å². The van der Waals surface area contributed by atoms with Gasteiger partial charge in [-0.1, -0.05) is 92.7 Å². The quantitative estimate of drug-likeness (QED) is 0.195. The number of halogens is 1. The molecule has 0 fully saturated rings. The lowest BCUT2D eigenvalue weighted by Crippen LogP contribution is -2.54. The highest BCUT2D eigenvalue weighted by molar-refractivity contribution is 7.92. The molecule has 7 nitrogen and oxygen atoms in total. The Morgan fingerprint density at radius 1 is 0.822 bits per heavy atom. The molecular weight excluding hydrogens is 589 g/mol. The van der Waals surface area contributed by atoms with Crippen molar-refractivity contribution in [2.45, 2.75) is 51.6 Å². The minimum Gasteiger partial charge on any atom is -0.354 e. The van der Waals surface area contributed by atoms with Crippen LogP contribution in [0.15, 0.2) is 108 Å². The van der Waals surface area contributed by atoms with Gasteiger partial charge in [0, 0.05) is 25.1 Å². The van der Waals surface area contributed by atoms with Crippen molar-refractivity contribution in [3.8, 4) is 0 Å². The van der Waals surface area contributed by atoms with Crippen molar-refractivity contribution in [3.63, 3.8) is 0 Å². The van der Waals surface area contributed by atoms with E-state index in [1.54, 1.807) is 55.5 Å². The summed E-state index contributed by atoms with van der Waals surface area (Å²) in [6, 6.07) is 27.5. The Morgan fingerprint density at radius 3 is 2.09 bits per heavy atom. The Labute approximate surface area is 265 Å². The maximum absolute atomic E-state index is 15.0. The van der Waals surface area contributed by atoms with E-state index in [9.17, 15) is 18.0 Å². The zero-order chi connectivity index (χ0) is 32.6. The molecule has 1 atom stereocenters. The molecule has 236 valence electrons. The van der Waals surface area contributed by atoms with E-state index >= 15 is 4.39 Å². The second kappa shape index (κ2) is 15.0. The second-order valence-electron chi connectivity index (χ2n) is 11.5. The van der Waals surface area contributed by atoms with Crippen molar-refractivity contribution in [3.05, 3.63) is 131 Å². The molecule has 4 aromatic rings. The molecule has 1 N–H and O–H groups in total. The fourth-order valence-corrected chi connectivity index (χ4v) is 6.52. The van der Waals surface area contributed by atoms with Gasteiger partial charge in [-0.05, 0) is 60.7 Å². The molecule has 0 saturated carbocycles. The second-order valence-corrected chi connectivity index (χ2v) is 13.4. The van der Waals surface area contributed by atoms with Gasteiger partial charge < -0.3 is 10.2 Å². The highest BCUT2D eigenvalue weighted by Gasteiger charge is 2.35. The van der Waals surface area contributed by atoms with E-state index in [-0.39, 0.29) is 29.3 Å². The molecule has 4 aromatic carbocycles. The molecule has 0 aliphatic rings. The average molecular weight is 630 g/mol. The van der Waals surface area contributed by atoms with Crippen molar-refractivity contribution in [2.75, 3.05) is 17.4 Å². The zero-order valence-electron chi connectivity index (χ0n) is 26.1. The van der Waals surface area contributed by atoms with Crippen molar-refractivity contribution in [1.29, 1.82) is 0 Å². The van der Waals surface area contributed by atoms with Crippen LogP contribution in [0.4, 0.5) is 10.1 Å². The largest absolute Gasteiger partial charge is 0.354 e. The average Bonchev–Trinajstić information content (AvgIpc) is 3.03. The first-order valence-corrected chi connectivity index (χ1v) is 16.4. The Balaban J connectivity index is 1.83. The summed E-state index contributed by atoms with van der Waals surface area (Å²) < 4.78 is 44.4. The third-order valence-corrected chi connectivity index (χ3v) is 9.48. The van der Waals surface area contributed by atoms with Crippen LogP contribution in [0.1, 0.15) is 36.1 Å². The number of benzene rings is 4. The summed E-state index contributed by atoms with van der Waals surface area (Å²) in [5.74, 6) is -1.42. The summed E-state index contributed by atoms with van der Waals surface area (Å²) in [6.07, 6.45) is 0.153. The number of hydrogen-bond donors (Lipinski definition) is 1. The predicted molar refractivity (Wildman–Crippen MR) is 176 cm³/mol. The minimum atomic E-state index is -4.22. The van der Waals surface area contributed by atoms with Crippen LogP contribution < -0.4 is 9.62 Å². The fourth-order valence-electron chi connectivity index (χ4n) is 5.03. The molecule has 0 aliphatic heterocycles. The molecule has 0 aromatic heterocycles. The molecule has 2 amide bonds. The maximum atomic E-state index is 15.0. The Hall–Kier alpha value is -4.50. The Morgan fingerprint density at radius 2 is 1.44 bits per heavy atom. The van der Waals surface area contributed by atoms with E-state index in [0.717, 1.165) is 15.4 Å². The molecule has 45 heavy (non-hydrogen) atoms. The lowest BCUT2D eigenvalue weighted by atomic mass is 10.0. The van der Waals surface area contributed by atoms with Gasteiger partial charge >= 0.3 is 0 Å². The van der Waals surface area contributed by atoms with Crippen LogP contribution in [0.2, 0.25) is 0 Å². The van der Waals surface area contributed by atoms with Gasteiger partial charge in [0.1, 0.15) is 18.4 Å². The van der Waals surface area contributed by atoms with Gasteiger partial charge in [-0.25, -0.2) is 12.8 Å². The maximum Gasteiger partial charge on any atom is 0.264 e. The number of amides is 2. The summed E-state index contributed by atoms with van der Waals surface area (Å²) in [7, 11) is -4.22. The summed E-state index contributed by atoms with van der Waals surface area (Å²) in [6.45, 7) is 7.15. The highest BCUT2D eigenvalue weighted by atomic mass is 32.2. The summed E-state index contributed by atoms with van der Waals surface area (Å²) in [5.41, 5.74) is 2.91. The van der Waals surface area contributed by atoms with Gasteiger partial charge in [-0.3, -0.25) is 13.9 Å². The predicted octanol–water partition coefficient (Wildman–Crippen LogP) is 6.05. The number of hydrogen-bond acceptors (Lipinski definition) is 4. The number of sulfonamides is 1. The van der Waals surface area contributed by atoms with Gasteiger partial charge in [0.2, 0.25) is 11.8 Å². The first kappa shape index (κ1) is 33.4. The molecule has 0 aliphatic carbocycles. The number of nitrogens with zero attached hydrogens (tertiary/aromatic N) is 2. The minimum absolute atomic E-state index is 0.0230. The fraction of sp³-hybridized carbons (Fsp3) is 0.278. The molecule has 0 bridgehead atoms. The Kier molecular flexibility index (Phi) is 11.1. The first-order valence-electron chi connectivity index (χ1n) is 15.0. The smallest absolute Gasteiger partial charge is 0.264 e. The first-order chi connectivity index (χ1) is 21.5. The lowest BCUT2D eigenvalue weighted by Gasteiger charge is -2.34. The molecule has 0 saturated heterocycles. The van der Waals surface area contributed by atoms with E-state index < -0.39 is 40.2 Å². The van der Waals surface area contributed by atoms with Crippen molar-refractivity contribution >= 4 is 27.5 Å². The van der Waals surface area contributed by atoms with Gasteiger partial charge in [0.25, 0.3) is 10.0 Å². The van der Waals surface area contributed by atoms with Crippen LogP contribution in [0.5, 0.6) is 0 Å². The number of carbonyl (C=O) groups excluding carboxylic acids is 2. The van der Waals surface area contributed by atoms with Crippen molar-refractivity contribution in [1.82, 2.24) is 10.2 Å². The van der Waals surface area contributed by atoms with E-state index in [4.69, 9.17) is 0 Å². The van der Waals surface area contributed by atoms with Gasteiger partial charge in [-0.15, -0.1) is 0 Å². The zero-order valence-corrected chi connectivity index (χ0v) is 26.9. The van der Waals surface area contributed by atoms with Crippen LogP contribution in [-0.4, -0.2) is 44.3 Å². The van der Waals surface area contributed by atoms with Crippen LogP contribution in [-0.2, 0) is 32.6 Å². The summed E-state index contributed by atoms with van der Waals surface area (Å²) >= 11 is 0. The SMILES string of the molecule is Cc1cccc(N(CC(=O)N(Cc2ccccc2F)[C@@H](Cc2ccccc2)C(=O)NCC(C)C)S(=O)(=O)c2ccccc2)c1C. The van der Waals surface area contributed by atoms with E-state index in [1.807, 2.05) is 57.2 Å². The number of anilines is 1. The van der Waals surface area contributed by atoms with Crippen LogP contribution in [0, 0.1) is 25.6 Å². The highest BCUT2D eigenvalue weighted by Crippen LogP contribution is 2.29. The van der Waals surface area contributed by atoms with E-state index in [0.29, 0.717) is 17.8 Å². The number of nitrogens with one attached hydrogen (secondary N) is 1. The molecule has 4 rings (SSSR count). The number of aryl methyl sites for hydroxylation is 1. The molecule has 9 heteroatoms. The number of carbonyl (C=O) groups is 2. The summed E-state index contributed by atoms with van der Waals surface area (Å²) in [4.78, 5) is 29.7. The molecule has 0 unspecified atom stereocenters. The number of rotatable bonds is 13.